The monoisotopic (exact) mass is 511 g/mol. The molecule has 2 amide bonds. The van der Waals surface area contributed by atoms with E-state index >= 15 is 4.39 Å². The number of oxime groups is 1. The number of benzene rings is 1. The molecular weight excluding hydrogens is 477 g/mol. The zero-order valence-corrected chi connectivity index (χ0v) is 21.5. The van der Waals surface area contributed by atoms with Crippen LogP contribution in [0.2, 0.25) is 0 Å². The first-order chi connectivity index (χ1) is 17.7. The second-order valence-corrected chi connectivity index (χ2v) is 9.69. The molecule has 0 saturated carbocycles. The molecule has 0 spiro atoms. The van der Waals surface area contributed by atoms with Crippen molar-refractivity contribution in [1.82, 2.24) is 19.6 Å². The second-order valence-electron chi connectivity index (χ2n) is 9.69. The lowest BCUT2D eigenvalue weighted by Crippen LogP contribution is -2.57. The summed E-state index contributed by atoms with van der Waals surface area (Å²) >= 11 is 0. The molecule has 10 nitrogen and oxygen atoms in total. The first-order valence-corrected chi connectivity index (χ1v) is 12.3. The van der Waals surface area contributed by atoms with E-state index in [9.17, 15) is 9.59 Å². The number of nitrogens with two attached hydrogens (primary N) is 1. The van der Waals surface area contributed by atoms with E-state index in [-0.39, 0.29) is 11.7 Å². The van der Waals surface area contributed by atoms with Crippen molar-refractivity contribution >= 4 is 24.4 Å². The van der Waals surface area contributed by atoms with E-state index in [0.29, 0.717) is 45.7 Å². The van der Waals surface area contributed by atoms with Gasteiger partial charge in [-0.1, -0.05) is 29.4 Å². The fraction of sp³-hybridized carbons (Fsp3) is 0.462. The molecule has 1 saturated heterocycles. The first-order valence-electron chi connectivity index (χ1n) is 12.3. The van der Waals surface area contributed by atoms with Gasteiger partial charge in [-0.05, 0) is 37.7 Å². The number of carbonyl (C=O) groups excluding carboxylic acids is 2. The van der Waals surface area contributed by atoms with Crippen LogP contribution in [-0.4, -0.2) is 97.0 Å². The molecule has 11 heteroatoms. The molecule has 0 radical (unpaired) electrons. The van der Waals surface area contributed by atoms with Crippen molar-refractivity contribution in [2.45, 2.75) is 31.7 Å². The topological polar surface area (TPSA) is 107 Å². The van der Waals surface area contributed by atoms with Crippen LogP contribution in [0.3, 0.4) is 0 Å². The van der Waals surface area contributed by atoms with Gasteiger partial charge in [-0.15, -0.1) is 0 Å². The number of primary amides is 1. The third kappa shape index (κ3) is 5.42. The number of carbonyl (C=O) groups is 2. The molecule has 0 bridgehead atoms. The van der Waals surface area contributed by atoms with Crippen molar-refractivity contribution in [2.24, 2.45) is 15.9 Å². The third-order valence-electron chi connectivity index (χ3n) is 7.08. The SMILES string of the molecule is Cc1c(CN2C=NOC2C(N)=O)cccc1C1(N2CCN(C(=O)C=CCN(C)C)CC2)CC=NC=C1F. The van der Waals surface area contributed by atoms with Gasteiger partial charge in [0.2, 0.25) is 5.91 Å². The second kappa shape index (κ2) is 11.2. The van der Waals surface area contributed by atoms with E-state index < -0.39 is 17.7 Å². The maximum absolute atomic E-state index is 15.9. The third-order valence-corrected chi connectivity index (χ3v) is 7.08. The highest BCUT2D eigenvalue weighted by molar-refractivity contribution is 5.87. The number of nitrogens with zero attached hydrogens (tertiary/aromatic N) is 6. The molecule has 3 aliphatic rings. The summed E-state index contributed by atoms with van der Waals surface area (Å²) in [6.45, 7) is 5.00. The van der Waals surface area contributed by atoms with Crippen molar-refractivity contribution < 1.29 is 18.8 Å². The van der Waals surface area contributed by atoms with Gasteiger partial charge in [0.25, 0.3) is 12.1 Å². The number of halogens is 1. The normalized spacial score (nSPS) is 24.1. The Morgan fingerprint density at radius 2 is 2.03 bits per heavy atom. The van der Waals surface area contributed by atoms with E-state index in [1.54, 1.807) is 22.1 Å². The Morgan fingerprint density at radius 1 is 1.27 bits per heavy atom. The predicted octanol–water partition coefficient (Wildman–Crippen LogP) is 1.32. The minimum Gasteiger partial charge on any atom is -0.365 e. The van der Waals surface area contributed by atoms with Crippen LogP contribution in [0.5, 0.6) is 0 Å². The van der Waals surface area contributed by atoms with Gasteiger partial charge in [0, 0.05) is 58.0 Å². The molecular formula is C26H34FN7O3. The molecule has 2 unspecified atom stereocenters. The largest absolute Gasteiger partial charge is 0.365 e. The first kappa shape index (κ1) is 26.5. The summed E-state index contributed by atoms with van der Waals surface area (Å²) in [7, 11) is 3.89. The molecule has 3 aliphatic heterocycles. The van der Waals surface area contributed by atoms with Crippen LogP contribution >= 0.6 is 0 Å². The number of hydrogen-bond donors (Lipinski definition) is 1. The van der Waals surface area contributed by atoms with Gasteiger partial charge >= 0.3 is 0 Å². The fourth-order valence-electron chi connectivity index (χ4n) is 5.08. The van der Waals surface area contributed by atoms with Gasteiger partial charge in [-0.3, -0.25) is 19.5 Å². The molecule has 37 heavy (non-hydrogen) atoms. The summed E-state index contributed by atoms with van der Waals surface area (Å²) in [4.78, 5) is 41.0. The molecule has 3 heterocycles. The zero-order valence-electron chi connectivity index (χ0n) is 21.5. The van der Waals surface area contributed by atoms with E-state index in [2.05, 4.69) is 15.0 Å². The van der Waals surface area contributed by atoms with Gasteiger partial charge in [-0.25, -0.2) is 4.39 Å². The Labute approximate surface area is 216 Å². The molecule has 1 fully saturated rings. The molecule has 198 valence electrons. The van der Waals surface area contributed by atoms with Crippen LogP contribution in [-0.2, 0) is 26.5 Å². The van der Waals surface area contributed by atoms with Gasteiger partial charge in [0.15, 0.2) is 0 Å². The number of hydrogen-bond acceptors (Lipinski definition) is 8. The summed E-state index contributed by atoms with van der Waals surface area (Å²) in [5.41, 5.74) is 7.03. The maximum atomic E-state index is 15.9. The minimum atomic E-state index is -1.03. The molecule has 1 aromatic rings. The zero-order chi connectivity index (χ0) is 26.6. The van der Waals surface area contributed by atoms with E-state index in [1.165, 1.54) is 12.5 Å². The predicted molar refractivity (Wildman–Crippen MR) is 139 cm³/mol. The van der Waals surface area contributed by atoms with Gasteiger partial charge in [0.05, 0.1) is 6.20 Å². The van der Waals surface area contributed by atoms with Crippen LogP contribution in [0.25, 0.3) is 0 Å². The van der Waals surface area contributed by atoms with Crippen molar-refractivity contribution in [3.8, 4) is 0 Å². The maximum Gasteiger partial charge on any atom is 0.282 e. The van der Waals surface area contributed by atoms with E-state index in [4.69, 9.17) is 10.6 Å². The van der Waals surface area contributed by atoms with E-state index in [0.717, 1.165) is 16.7 Å². The van der Waals surface area contributed by atoms with Gasteiger partial charge in [-0.2, -0.15) is 0 Å². The number of likely N-dealkylation sites (N-methyl/N-ethyl adjacent to an activating group) is 1. The summed E-state index contributed by atoms with van der Waals surface area (Å²) in [5.74, 6) is -1.00. The molecule has 2 N–H and O–H groups in total. The van der Waals surface area contributed by atoms with Gasteiger partial charge in [0.1, 0.15) is 17.7 Å². The van der Waals surface area contributed by atoms with Crippen LogP contribution < -0.4 is 5.73 Å². The Balaban J connectivity index is 1.58. The Kier molecular flexibility index (Phi) is 8.03. The smallest absolute Gasteiger partial charge is 0.282 e. The summed E-state index contributed by atoms with van der Waals surface area (Å²) in [6.07, 6.45) is 7.31. The standard InChI is InChI=1S/C26H34FN7O3/c1-19-20(17-33-18-30-37-25(33)24(28)36)6-4-7-21(19)26(9-10-29-16-22(26)27)34-14-12-32(13-15-34)23(35)8-5-11-31(2)3/h4-8,10,16,18,25H,9,11-15,17H2,1-3H3,(H2,28,36). The van der Waals surface area contributed by atoms with Crippen LogP contribution in [0.15, 0.2) is 52.5 Å². The van der Waals surface area contributed by atoms with Crippen molar-refractivity contribution in [3.05, 3.63) is 59.1 Å². The quantitative estimate of drug-likeness (QED) is 0.528. The average Bonchev–Trinajstić information content (AvgIpc) is 3.34. The number of piperazine rings is 1. The van der Waals surface area contributed by atoms with Gasteiger partial charge < -0.3 is 25.3 Å². The van der Waals surface area contributed by atoms with Crippen molar-refractivity contribution in [1.29, 1.82) is 0 Å². The number of amides is 2. The average molecular weight is 512 g/mol. The molecule has 2 atom stereocenters. The lowest BCUT2D eigenvalue weighted by Gasteiger charge is -2.48. The molecule has 0 aliphatic carbocycles. The van der Waals surface area contributed by atoms with Crippen LogP contribution in [0, 0.1) is 6.92 Å². The Morgan fingerprint density at radius 3 is 2.70 bits per heavy atom. The van der Waals surface area contributed by atoms with Crippen molar-refractivity contribution in [3.63, 3.8) is 0 Å². The van der Waals surface area contributed by atoms with E-state index in [1.807, 2.05) is 50.2 Å². The summed E-state index contributed by atoms with van der Waals surface area (Å²) in [6, 6.07) is 5.76. The summed E-state index contributed by atoms with van der Waals surface area (Å²) < 4.78 is 15.9. The Hall–Kier alpha value is -3.57. The lowest BCUT2D eigenvalue weighted by atomic mass is 9.79. The number of rotatable bonds is 8. The molecule has 1 aromatic carbocycles. The lowest BCUT2D eigenvalue weighted by molar-refractivity contribution is -0.135. The fourth-order valence-corrected chi connectivity index (χ4v) is 5.08. The Bertz CT molecular complexity index is 1140. The van der Waals surface area contributed by atoms with Crippen LogP contribution in [0.1, 0.15) is 23.1 Å². The number of aliphatic imine (C=N–C) groups is 1. The molecule has 4 rings (SSSR count). The molecule has 0 aromatic heterocycles. The minimum absolute atomic E-state index is 0.0338. The summed E-state index contributed by atoms with van der Waals surface area (Å²) in [5, 5.41) is 3.72. The van der Waals surface area contributed by atoms with Crippen molar-refractivity contribution in [2.75, 3.05) is 46.8 Å². The highest BCUT2D eigenvalue weighted by atomic mass is 19.1. The van der Waals surface area contributed by atoms with Crippen LogP contribution in [0.4, 0.5) is 4.39 Å². The highest BCUT2D eigenvalue weighted by Gasteiger charge is 2.46. The highest BCUT2D eigenvalue weighted by Crippen LogP contribution is 2.44.